The zero-order valence-electron chi connectivity index (χ0n) is 10.0. The summed E-state index contributed by atoms with van der Waals surface area (Å²) in [5, 5.41) is 0. The van der Waals surface area contributed by atoms with Crippen molar-refractivity contribution in [3.05, 3.63) is 17.7 Å². The first-order chi connectivity index (χ1) is 7.75. The van der Waals surface area contributed by atoms with Crippen LogP contribution in [0.4, 0.5) is 0 Å². The van der Waals surface area contributed by atoms with E-state index in [4.69, 9.17) is 5.73 Å². The molecule has 2 N–H and O–H groups in total. The summed E-state index contributed by atoms with van der Waals surface area (Å²) in [4.78, 5) is 4.64. The highest BCUT2D eigenvalue weighted by Crippen LogP contribution is 2.42. The second-order valence-corrected chi connectivity index (χ2v) is 5.52. The average Bonchev–Trinajstić information content (AvgIpc) is 2.98. The Labute approximate surface area is 97.0 Å². The van der Waals surface area contributed by atoms with Crippen LogP contribution in [0.2, 0.25) is 0 Å². The van der Waals surface area contributed by atoms with Crippen LogP contribution >= 0.6 is 0 Å². The molecule has 1 aromatic heterocycles. The molecule has 2 atom stereocenters. The van der Waals surface area contributed by atoms with Crippen LogP contribution in [0.1, 0.15) is 62.4 Å². The molecule has 1 aliphatic heterocycles. The number of nitrogens with zero attached hydrogens (tertiary/aromatic N) is 2. The molecule has 3 rings (SSSR count). The molecule has 2 unspecified atom stereocenters. The van der Waals surface area contributed by atoms with E-state index in [1.165, 1.54) is 43.7 Å². The van der Waals surface area contributed by atoms with Gasteiger partial charge >= 0.3 is 0 Å². The summed E-state index contributed by atoms with van der Waals surface area (Å²) in [5.74, 6) is 2.76. The van der Waals surface area contributed by atoms with Gasteiger partial charge in [-0.2, -0.15) is 0 Å². The molecule has 3 nitrogen and oxygen atoms in total. The summed E-state index contributed by atoms with van der Waals surface area (Å²) in [6.45, 7) is 3.29. The molecule has 0 spiro atoms. The summed E-state index contributed by atoms with van der Waals surface area (Å²) >= 11 is 0. The first-order valence-corrected chi connectivity index (χ1v) is 6.56. The molecule has 0 bridgehead atoms. The monoisotopic (exact) mass is 219 g/mol. The van der Waals surface area contributed by atoms with E-state index in [2.05, 4.69) is 22.7 Å². The lowest BCUT2D eigenvalue weighted by atomic mass is 9.90. The van der Waals surface area contributed by atoms with E-state index in [1.54, 1.807) is 0 Å². The second kappa shape index (κ2) is 3.88. The van der Waals surface area contributed by atoms with E-state index in [0.29, 0.717) is 12.0 Å². The van der Waals surface area contributed by atoms with Crippen molar-refractivity contribution in [1.29, 1.82) is 0 Å². The van der Waals surface area contributed by atoms with Crippen LogP contribution in [-0.2, 0) is 6.54 Å². The van der Waals surface area contributed by atoms with Gasteiger partial charge in [-0.15, -0.1) is 0 Å². The molecule has 1 fully saturated rings. The Hall–Kier alpha value is -0.830. The van der Waals surface area contributed by atoms with Crippen LogP contribution in [0.3, 0.4) is 0 Å². The van der Waals surface area contributed by atoms with Crippen molar-refractivity contribution >= 4 is 0 Å². The zero-order valence-corrected chi connectivity index (χ0v) is 10.0. The van der Waals surface area contributed by atoms with Gasteiger partial charge in [0.15, 0.2) is 0 Å². The molecule has 2 heterocycles. The molecule has 1 aliphatic carbocycles. The van der Waals surface area contributed by atoms with Crippen molar-refractivity contribution in [2.75, 3.05) is 0 Å². The topological polar surface area (TPSA) is 43.8 Å². The van der Waals surface area contributed by atoms with E-state index < -0.39 is 0 Å². The standard InChI is InChI=1S/C13H21N3/c1-9(14)7-11-3-2-6-16-12(11)8-15-13(16)10-4-5-10/h8-11H,2-7,14H2,1H3. The quantitative estimate of drug-likeness (QED) is 0.848. The lowest BCUT2D eigenvalue weighted by molar-refractivity contribution is 0.409. The highest BCUT2D eigenvalue weighted by atomic mass is 15.1. The normalized spacial score (nSPS) is 26.5. The molecule has 0 radical (unpaired) electrons. The second-order valence-electron chi connectivity index (χ2n) is 5.52. The van der Waals surface area contributed by atoms with Crippen LogP contribution in [0.15, 0.2) is 6.20 Å². The van der Waals surface area contributed by atoms with E-state index in [1.807, 2.05) is 0 Å². The van der Waals surface area contributed by atoms with E-state index in [-0.39, 0.29) is 0 Å². The van der Waals surface area contributed by atoms with E-state index in [0.717, 1.165) is 12.3 Å². The van der Waals surface area contributed by atoms with Gasteiger partial charge < -0.3 is 10.3 Å². The maximum Gasteiger partial charge on any atom is 0.111 e. The Bertz CT molecular complexity index is 377. The molecule has 88 valence electrons. The van der Waals surface area contributed by atoms with Crippen LogP contribution < -0.4 is 5.73 Å². The van der Waals surface area contributed by atoms with E-state index in [9.17, 15) is 0 Å². The van der Waals surface area contributed by atoms with Gasteiger partial charge in [0.05, 0.1) is 0 Å². The van der Waals surface area contributed by atoms with Gasteiger partial charge in [0.1, 0.15) is 5.82 Å². The summed E-state index contributed by atoms with van der Waals surface area (Å²) in [5.41, 5.74) is 7.38. The van der Waals surface area contributed by atoms with E-state index >= 15 is 0 Å². The molecular formula is C13H21N3. The zero-order chi connectivity index (χ0) is 11.1. The first kappa shape index (κ1) is 10.3. The Morgan fingerprint density at radius 1 is 1.50 bits per heavy atom. The fourth-order valence-electron chi connectivity index (χ4n) is 2.97. The number of nitrogens with two attached hydrogens (primary N) is 1. The maximum atomic E-state index is 5.93. The fourth-order valence-corrected chi connectivity index (χ4v) is 2.97. The average molecular weight is 219 g/mol. The lowest BCUT2D eigenvalue weighted by Gasteiger charge is -2.26. The minimum Gasteiger partial charge on any atom is -0.332 e. The highest BCUT2D eigenvalue weighted by molar-refractivity contribution is 5.18. The number of hydrogen-bond donors (Lipinski definition) is 1. The van der Waals surface area contributed by atoms with Gasteiger partial charge in [-0.25, -0.2) is 4.98 Å². The highest BCUT2D eigenvalue weighted by Gasteiger charge is 2.32. The summed E-state index contributed by atoms with van der Waals surface area (Å²) in [7, 11) is 0. The smallest absolute Gasteiger partial charge is 0.111 e. The van der Waals surface area contributed by atoms with Crippen LogP contribution in [0, 0.1) is 0 Å². The predicted molar refractivity (Wildman–Crippen MR) is 64.4 cm³/mol. The van der Waals surface area contributed by atoms with Crippen molar-refractivity contribution in [3.63, 3.8) is 0 Å². The minimum atomic E-state index is 0.302. The van der Waals surface area contributed by atoms with Crippen molar-refractivity contribution in [2.45, 2.75) is 63.5 Å². The van der Waals surface area contributed by atoms with Gasteiger partial charge in [-0.05, 0) is 39.0 Å². The third-order valence-electron chi connectivity index (χ3n) is 3.87. The van der Waals surface area contributed by atoms with Gasteiger partial charge in [0, 0.05) is 36.3 Å². The Balaban J connectivity index is 1.87. The van der Waals surface area contributed by atoms with Crippen molar-refractivity contribution in [3.8, 4) is 0 Å². The first-order valence-electron chi connectivity index (χ1n) is 6.56. The number of rotatable bonds is 3. The predicted octanol–water partition coefficient (Wildman–Crippen LogP) is 2.38. The third kappa shape index (κ3) is 1.77. The SMILES string of the molecule is CC(N)CC1CCCn2c1cnc2C1CC1. The molecule has 0 saturated heterocycles. The van der Waals surface area contributed by atoms with Crippen LogP contribution in [0.25, 0.3) is 0 Å². The van der Waals surface area contributed by atoms with Crippen molar-refractivity contribution in [2.24, 2.45) is 5.73 Å². The molecule has 1 aromatic rings. The molecular weight excluding hydrogens is 198 g/mol. The molecule has 16 heavy (non-hydrogen) atoms. The Morgan fingerprint density at radius 2 is 2.31 bits per heavy atom. The lowest BCUT2D eigenvalue weighted by Crippen LogP contribution is -2.23. The number of fused-ring (bicyclic) bond motifs is 1. The molecule has 0 aromatic carbocycles. The Kier molecular flexibility index (Phi) is 2.51. The molecule has 2 aliphatic rings. The fraction of sp³-hybridized carbons (Fsp3) is 0.769. The van der Waals surface area contributed by atoms with Crippen molar-refractivity contribution < 1.29 is 0 Å². The number of imidazole rings is 1. The Morgan fingerprint density at radius 3 is 3.00 bits per heavy atom. The minimum absolute atomic E-state index is 0.302. The molecule has 1 saturated carbocycles. The number of aromatic nitrogens is 2. The largest absolute Gasteiger partial charge is 0.332 e. The summed E-state index contributed by atoms with van der Waals surface area (Å²) in [6.07, 6.45) is 8.48. The van der Waals surface area contributed by atoms with Crippen LogP contribution in [0.5, 0.6) is 0 Å². The van der Waals surface area contributed by atoms with Gasteiger partial charge in [-0.3, -0.25) is 0 Å². The van der Waals surface area contributed by atoms with Crippen LogP contribution in [-0.4, -0.2) is 15.6 Å². The third-order valence-corrected chi connectivity index (χ3v) is 3.87. The molecule has 3 heteroatoms. The van der Waals surface area contributed by atoms with Crippen molar-refractivity contribution in [1.82, 2.24) is 9.55 Å². The number of hydrogen-bond acceptors (Lipinski definition) is 2. The summed E-state index contributed by atoms with van der Waals surface area (Å²) < 4.78 is 2.48. The van der Waals surface area contributed by atoms with Gasteiger partial charge in [0.25, 0.3) is 0 Å². The van der Waals surface area contributed by atoms with Gasteiger partial charge in [0.2, 0.25) is 0 Å². The summed E-state index contributed by atoms with van der Waals surface area (Å²) in [6, 6.07) is 0.302. The maximum absolute atomic E-state index is 5.93. The molecule has 0 amide bonds. The van der Waals surface area contributed by atoms with Gasteiger partial charge in [-0.1, -0.05) is 0 Å².